The molecule has 9 heteroatoms. The quantitative estimate of drug-likeness (QED) is 0.241. The van der Waals surface area contributed by atoms with Crippen molar-refractivity contribution in [2.75, 3.05) is 5.32 Å². The van der Waals surface area contributed by atoms with Crippen molar-refractivity contribution in [3.8, 4) is 11.3 Å². The second kappa shape index (κ2) is 9.92. The molecule has 1 N–H and O–H groups in total. The fraction of sp³-hybridized carbons (Fsp3) is 0.0333. The van der Waals surface area contributed by atoms with Crippen molar-refractivity contribution in [1.82, 2.24) is 14.6 Å². The monoisotopic (exact) mass is 540 g/mol. The third-order valence-electron chi connectivity index (χ3n) is 6.18. The zero-order valence-electron chi connectivity index (χ0n) is 20.2. The number of anilines is 1. The molecule has 2 heterocycles. The molecule has 1 amide bonds. The minimum absolute atomic E-state index is 0.0675. The van der Waals surface area contributed by atoms with Gasteiger partial charge in [0, 0.05) is 15.4 Å². The van der Waals surface area contributed by atoms with Crippen molar-refractivity contribution in [2.24, 2.45) is 0 Å². The smallest absolute Gasteiger partial charge is 0.321 e. The Kier molecular flexibility index (Phi) is 6.28. The van der Waals surface area contributed by atoms with E-state index in [9.17, 15) is 18.0 Å². The van der Waals surface area contributed by atoms with Crippen molar-refractivity contribution in [1.29, 1.82) is 0 Å². The first-order chi connectivity index (χ1) is 18.9. The van der Waals surface area contributed by atoms with E-state index in [1.807, 2.05) is 72.8 Å². The Balaban J connectivity index is 1.44. The Bertz CT molecular complexity index is 1830. The van der Waals surface area contributed by atoms with E-state index in [1.165, 1.54) is 11.8 Å². The summed E-state index contributed by atoms with van der Waals surface area (Å²) in [4.78, 5) is 19.7. The summed E-state index contributed by atoms with van der Waals surface area (Å²) in [5, 5.41) is 8.36. The van der Waals surface area contributed by atoms with Gasteiger partial charge < -0.3 is 5.32 Å². The van der Waals surface area contributed by atoms with Gasteiger partial charge in [0.2, 0.25) is 0 Å². The fourth-order valence-electron chi connectivity index (χ4n) is 4.38. The van der Waals surface area contributed by atoms with Crippen LogP contribution in [0.3, 0.4) is 0 Å². The molecular weight excluding hydrogens is 521 g/mol. The maximum atomic E-state index is 14.2. The van der Waals surface area contributed by atoms with Gasteiger partial charge in [-0.25, -0.2) is 9.50 Å². The van der Waals surface area contributed by atoms with Gasteiger partial charge >= 0.3 is 6.18 Å². The van der Waals surface area contributed by atoms with Gasteiger partial charge in [-0.05, 0) is 41.1 Å². The van der Waals surface area contributed by atoms with E-state index in [-0.39, 0.29) is 16.9 Å². The molecule has 0 radical (unpaired) electrons. The fourth-order valence-corrected chi connectivity index (χ4v) is 5.30. The van der Waals surface area contributed by atoms with Crippen molar-refractivity contribution in [3.63, 3.8) is 0 Å². The second-order valence-electron chi connectivity index (χ2n) is 8.71. The van der Waals surface area contributed by atoms with Crippen molar-refractivity contribution in [3.05, 3.63) is 121 Å². The third kappa shape index (κ3) is 4.84. The molecule has 2 aromatic heterocycles. The lowest BCUT2D eigenvalue weighted by Gasteiger charge is -2.13. The average molecular weight is 541 g/mol. The zero-order valence-corrected chi connectivity index (χ0v) is 21.0. The Morgan fingerprint density at radius 1 is 0.846 bits per heavy atom. The van der Waals surface area contributed by atoms with Crippen LogP contribution in [0.5, 0.6) is 0 Å². The van der Waals surface area contributed by atoms with Gasteiger partial charge in [-0.2, -0.15) is 18.3 Å². The molecular formula is C30H19F3N4OS. The number of nitrogens with one attached hydrogen (secondary N) is 1. The van der Waals surface area contributed by atoms with E-state index in [0.717, 1.165) is 32.8 Å². The van der Waals surface area contributed by atoms with E-state index in [0.29, 0.717) is 15.8 Å². The summed E-state index contributed by atoms with van der Waals surface area (Å²) in [6.45, 7) is 0. The summed E-state index contributed by atoms with van der Waals surface area (Å²) in [5.74, 6) is -0.609. The highest BCUT2D eigenvalue weighted by atomic mass is 32.2. The summed E-state index contributed by atoms with van der Waals surface area (Å²) in [6.07, 6.45) is -3.61. The Morgan fingerprint density at radius 2 is 1.56 bits per heavy atom. The molecule has 192 valence electrons. The van der Waals surface area contributed by atoms with Crippen LogP contribution in [-0.4, -0.2) is 20.5 Å². The lowest BCUT2D eigenvalue weighted by atomic mass is 10.0. The van der Waals surface area contributed by atoms with Crippen LogP contribution in [0.4, 0.5) is 18.9 Å². The summed E-state index contributed by atoms with van der Waals surface area (Å²) < 4.78 is 43.1. The minimum atomic E-state index is -4.72. The number of carbonyl (C=O) groups excluding carboxylic acids is 1. The molecule has 0 saturated heterocycles. The number of halogens is 3. The van der Waals surface area contributed by atoms with Crippen LogP contribution >= 0.6 is 11.8 Å². The minimum Gasteiger partial charge on any atom is -0.321 e. The number of rotatable bonds is 5. The van der Waals surface area contributed by atoms with Gasteiger partial charge in [0.15, 0.2) is 11.3 Å². The SMILES string of the molecule is O=C(Nc1ccccc1Sc1ccccc1)c1cnn2c(C(F)(F)F)cc(-c3cccc4ccccc34)nc12. The molecule has 6 aromatic rings. The first kappa shape index (κ1) is 24.7. The largest absolute Gasteiger partial charge is 0.433 e. The number of nitrogens with zero attached hydrogens (tertiary/aromatic N) is 3. The van der Waals surface area contributed by atoms with Crippen LogP contribution in [0.15, 0.2) is 119 Å². The Morgan fingerprint density at radius 3 is 2.38 bits per heavy atom. The van der Waals surface area contributed by atoms with Gasteiger partial charge in [0.05, 0.1) is 17.6 Å². The van der Waals surface area contributed by atoms with E-state index in [1.54, 1.807) is 24.3 Å². The number of fused-ring (bicyclic) bond motifs is 2. The van der Waals surface area contributed by atoms with E-state index >= 15 is 0 Å². The summed E-state index contributed by atoms with van der Waals surface area (Å²) in [5.41, 5.74) is -0.119. The summed E-state index contributed by atoms with van der Waals surface area (Å²) in [6, 6.07) is 30.6. The molecule has 0 aliphatic heterocycles. The molecule has 5 nitrogen and oxygen atoms in total. The van der Waals surface area contributed by atoms with Crippen molar-refractivity contribution < 1.29 is 18.0 Å². The Hall–Kier alpha value is -4.63. The maximum absolute atomic E-state index is 14.2. The van der Waals surface area contributed by atoms with E-state index < -0.39 is 17.8 Å². The number of aromatic nitrogens is 3. The van der Waals surface area contributed by atoms with Gasteiger partial charge in [0.25, 0.3) is 5.91 Å². The van der Waals surface area contributed by atoms with Crippen LogP contribution in [0.1, 0.15) is 16.1 Å². The first-order valence-electron chi connectivity index (χ1n) is 12.0. The summed E-state index contributed by atoms with van der Waals surface area (Å²) in [7, 11) is 0. The van der Waals surface area contributed by atoms with Gasteiger partial charge in [-0.3, -0.25) is 4.79 Å². The van der Waals surface area contributed by atoms with E-state index in [4.69, 9.17) is 0 Å². The Labute approximate surface area is 225 Å². The molecule has 39 heavy (non-hydrogen) atoms. The number of amides is 1. The lowest BCUT2D eigenvalue weighted by Crippen LogP contribution is -2.16. The molecule has 0 unspecified atom stereocenters. The molecule has 4 aromatic carbocycles. The average Bonchev–Trinajstić information content (AvgIpc) is 3.37. The van der Waals surface area contributed by atoms with Crippen LogP contribution in [0, 0.1) is 0 Å². The number of para-hydroxylation sites is 1. The van der Waals surface area contributed by atoms with Crippen LogP contribution in [0.25, 0.3) is 27.7 Å². The van der Waals surface area contributed by atoms with Crippen molar-refractivity contribution in [2.45, 2.75) is 16.0 Å². The molecule has 6 rings (SSSR count). The second-order valence-corrected chi connectivity index (χ2v) is 9.83. The highest BCUT2D eigenvalue weighted by Crippen LogP contribution is 2.36. The number of carbonyl (C=O) groups is 1. The zero-order chi connectivity index (χ0) is 27.0. The predicted molar refractivity (Wildman–Crippen MR) is 146 cm³/mol. The van der Waals surface area contributed by atoms with Gasteiger partial charge in [-0.1, -0.05) is 84.6 Å². The van der Waals surface area contributed by atoms with Crippen molar-refractivity contribution >= 4 is 39.8 Å². The van der Waals surface area contributed by atoms with Crippen LogP contribution in [0.2, 0.25) is 0 Å². The van der Waals surface area contributed by atoms with Gasteiger partial charge in [0.1, 0.15) is 5.56 Å². The molecule has 0 atom stereocenters. The highest BCUT2D eigenvalue weighted by molar-refractivity contribution is 7.99. The normalized spacial score (nSPS) is 11.7. The number of hydrogen-bond acceptors (Lipinski definition) is 4. The molecule has 0 fully saturated rings. The van der Waals surface area contributed by atoms with Crippen LogP contribution in [-0.2, 0) is 6.18 Å². The molecule has 0 aliphatic rings. The number of alkyl halides is 3. The van der Waals surface area contributed by atoms with Crippen LogP contribution < -0.4 is 5.32 Å². The highest BCUT2D eigenvalue weighted by Gasteiger charge is 2.36. The third-order valence-corrected chi connectivity index (χ3v) is 7.26. The lowest BCUT2D eigenvalue weighted by molar-refractivity contribution is -0.142. The maximum Gasteiger partial charge on any atom is 0.433 e. The number of hydrogen-bond donors (Lipinski definition) is 1. The molecule has 0 saturated carbocycles. The van der Waals surface area contributed by atoms with E-state index in [2.05, 4.69) is 15.4 Å². The molecule has 0 bridgehead atoms. The number of benzene rings is 4. The molecule has 0 spiro atoms. The predicted octanol–water partition coefficient (Wildman–Crippen LogP) is 7.97. The van der Waals surface area contributed by atoms with Gasteiger partial charge in [-0.15, -0.1) is 0 Å². The summed E-state index contributed by atoms with van der Waals surface area (Å²) >= 11 is 1.46. The molecule has 0 aliphatic carbocycles. The standard InChI is InChI=1S/C30H19F3N4OS/c31-30(32,33)27-17-25(22-14-8-10-19-9-4-5-13-21(19)22)35-28-23(18-34-37(27)28)29(38)36-24-15-6-7-16-26(24)39-20-11-2-1-3-12-20/h1-18H,(H,36,38). The first-order valence-corrected chi connectivity index (χ1v) is 12.8. The topological polar surface area (TPSA) is 59.3 Å².